The minimum Gasteiger partial charge on any atom is -0.470 e. The summed E-state index contributed by atoms with van der Waals surface area (Å²) in [5, 5.41) is 0. The Hall–Kier alpha value is -2.21. The van der Waals surface area contributed by atoms with E-state index in [1.165, 1.54) is 0 Å². The average Bonchev–Trinajstić information content (AvgIpc) is 2.61. The Morgan fingerprint density at radius 3 is 2.64 bits per heavy atom. The first kappa shape index (κ1) is 14.7. The van der Waals surface area contributed by atoms with Gasteiger partial charge in [0.15, 0.2) is 5.82 Å². The molecule has 0 aromatic carbocycles. The topological polar surface area (TPSA) is 54.4 Å². The number of likely N-dealkylation sites (N-methyl/N-ethyl adjacent to an activating group) is 1. The van der Waals surface area contributed by atoms with Crippen molar-refractivity contribution in [2.75, 3.05) is 37.6 Å². The predicted molar refractivity (Wildman–Crippen MR) is 84.9 cm³/mol. The van der Waals surface area contributed by atoms with Gasteiger partial charge in [0.1, 0.15) is 6.61 Å². The minimum atomic E-state index is 0.453. The summed E-state index contributed by atoms with van der Waals surface area (Å²) in [6, 6.07) is 3.89. The van der Waals surface area contributed by atoms with E-state index >= 15 is 0 Å². The normalized spacial score (nSPS) is 15.8. The molecule has 2 aromatic rings. The van der Waals surface area contributed by atoms with E-state index in [4.69, 9.17) is 4.74 Å². The molecule has 1 fully saturated rings. The first-order valence-electron chi connectivity index (χ1n) is 7.67. The second-order valence-electron chi connectivity index (χ2n) is 5.26. The van der Waals surface area contributed by atoms with E-state index in [2.05, 4.69) is 31.7 Å². The Labute approximate surface area is 130 Å². The molecule has 0 amide bonds. The second kappa shape index (κ2) is 7.17. The highest BCUT2D eigenvalue weighted by Gasteiger charge is 2.20. The van der Waals surface area contributed by atoms with Crippen LogP contribution in [0.1, 0.15) is 12.5 Å². The van der Waals surface area contributed by atoms with Crippen LogP contribution in [-0.4, -0.2) is 52.6 Å². The first-order chi connectivity index (χ1) is 10.9. The smallest absolute Gasteiger partial charge is 0.257 e. The van der Waals surface area contributed by atoms with Crippen molar-refractivity contribution in [3.05, 3.63) is 42.5 Å². The zero-order valence-electron chi connectivity index (χ0n) is 12.9. The number of aromatic nitrogens is 3. The van der Waals surface area contributed by atoms with E-state index in [-0.39, 0.29) is 0 Å². The van der Waals surface area contributed by atoms with Crippen molar-refractivity contribution in [3.63, 3.8) is 0 Å². The largest absolute Gasteiger partial charge is 0.470 e. The molecule has 3 heterocycles. The average molecular weight is 299 g/mol. The van der Waals surface area contributed by atoms with Crippen molar-refractivity contribution in [1.29, 1.82) is 0 Å². The minimum absolute atomic E-state index is 0.453. The summed E-state index contributed by atoms with van der Waals surface area (Å²) < 4.78 is 5.86. The molecule has 0 atom stereocenters. The highest BCUT2D eigenvalue weighted by molar-refractivity contribution is 5.48. The standard InChI is InChI=1S/C16H21N5O/c1-2-20-8-10-21(11-9-20)15-16(19-7-6-18-15)22-13-14-4-3-5-17-12-14/h3-7,12H,2,8-11,13H2,1H3. The number of hydrogen-bond acceptors (Lipinski definition) is 6. The molecule has 1 aliphatic rings. The fourth-order valence-electron chi connectivity index (χ4n) is 2.55. The molecule has 0 aliphatic carbocycles. The van der Waals surface area contributed by atoms with Gasteiger partial charge in [-0.05, 0) is 12.6 Å². The van der Waals surface area contributed by atoms with Crippen LogP contribution in [0.4, 0.5) is 5.82 Å². The van der Waals surface area contributed by atoms with Crippen molar-refractivity contribution in [2.45, 2.75) is 13.5 Å². The lowest BCUT2D eigenvalue weighted by molar-refractivity contribution is 0.264. The zero-order chi connectivity index (χ0) is 15.2. The molecule has 0 N–H and O–H groups in total. The van der Waals surface area contributed by atoms with Gasteiger partial charge in [0.2, 0.25) is 0 Å². The van der Waals surface area contributed by atoms with Crippen molar-refractivity contribution < 1.29 is 4.74 Å². The molecule has 116 valence electrons. The van der Waals surface area contributed by atoms with Crippen LogP contribution in [0.3, 0.4) is 0 Å². The van der Waals surface area contributed by atoms with Gasteiger partial charge in [-0.25, -0.2) is 9.97 Å². The molecular weight excluding hydrogens is 278 g/mol. The summed E-state index contributed by atoms with van der Waals surface area (Å²) in [7, 11) is 0. The van der Waals surface area contributed by atoms with E-state index in [1.807, 2.05) is 12.1 Å². The third-order valence-corrected chi connectivity index (χ3v) is 3.86. The molecule has 22 heavy (non-hydrogen) atoms. The van der Waals surface area contributed by atoms with E-state index < -0.39 is 0 Å². The Kier molecular flexibility index (Phi) is 4.80. The highest BCUT2D eigenvalue weighted by Crippen LogP contribution is 2.24. The van der Waals surface area contributed by atoms with E-state index in [0.717, 1.165) is 44.1 Å². The zero-order valence-corrected chi connectivity index (χ0v) is 12.9. The number of pyridine rings is 1. The monoisotopic (exact) mass is 299 g/mol. The van der Waals surface area contributed by atoms with Gasteiger partial charge in [-0.2, -0.15) is 0 Å². The number of nitrogens with zero attached hydrogens (tertiary/aromatic N) is 5. The first-order valence-corrected chi connectivity index (χ1v) is 7.67. The Morgan fingerprint density at radius 1 is 1.09 bits per heavy atom. The maximum absolute atomic E-state index is 5.86. The van der Waals surface area contributed by atoms with Crippen LogP contribution < -0.4 is 9.64 Å². The molecule has 0 bridgehead atoms. The van der Waals surface area contributed by atoms with E-state index in [9.17, 15) is 0 Å². The van der Waals surface area contributed by atoms with Gasteiger partial charge in [-0.3, -0.25) is 4.98 Å². The summed E-state index contributed by atoms with van der Waals surface area (Å²) in [4.78, 5) is 17.6. The van der Waals surface area contributed by atoms with Gasteiger partial charge in [-0.1, -0.05) is 13.0 Å². The SMILES string of the molecule is CCN1CCN(c2nccnc2OCc2cccnc2)CC1. The summed E-state index contributed by atoms with van der Waals surface area (Å²) in [5.74, 6) is 1.43. The third-order valence-electron chi connectivity index (χ3n) is 3.86. The number of ether oxygens (including phenoxy) is 1. The highest BCUT2D eigenvalue weighted by atomic mass is 16.5. The van der Waals surface area contributed by atoms with E-state index in [0.29, 0.717) is 12.5 Å². The maximum Gasteiger partial charge on any atom is 0.257 e. The fraction of sp³-hybridized carbons (Fsp3) is 0.438. The predicted octanol–water partition coefficient (Wildman–Crippen LogP) is 1.59. The Bertz CT molecular complexity index is 584. The van der Waals surface area contributed by atoms with E-state index in [1.54, 1.807) is 24.8 Å². The lowest BCUT2D eigenvalue weighted by Crippen LogP contribution is -2.46. The number of hydrogen-bond donors (Lipinski definition) is 0. The molecule has 0 spiro atoms. The third kappa shape index (κ3) is 3.51. The molecule has 6 heteroatoms. The summed E-state index contributed by atoms with van der Waals surface area (Å²) >= 11 is 0. The van der Waals surface area contributed by atoms with Crippen LogP contribution in [0, 0.1) is 0 Å². The molecule has 0 radical (unpaired) electrons. The molecule has 1 aliphatic heterocycles. The van der Waals surface area contributed by atoms with Gasteiger partial charge < -0.3 is 14.5 Å². The van der Waals surface area contributed by atoms with Crippen LogP contribution in [0.5, 0.6) is 5.88 Å². The summed E-state index contributed by atoms with van der Waals surface area (Å²) in [6.07, 6.45) is 6.95. The summed E-state index contributed by atoms with van der Waals surface area (Å²) in [5.41, 5.74) is 1.02. The lowest BCUT2D eigenvalue weighted by atomic mass is 10.3. The molecule has 0 unspecified atom stereocenters. The lowest BCUT2D eigenvalue weighted by Gasteiger charge is -2.34. The van der Waals surface area contributed by atoms with Crippen molar-refractivity contribution >= 4 is 5.82 Å². The van der Waals surface area contributed by atoms with Gasteiger partial charge in [-0.15, -0.1) is 0 Å². The molecular formula is C16H21N5O. The van der Waals surface area contributed by atoms with Gasteiger partial charge in [0, 0.05) is 56.5 Å². The molecule has 3 rings (SSSR count). The Balaban J connectivity index is 1.68. The fourth-order valence-corrected chi connectivity index (χ4v) is 2.55. The van der Waals surface area contributed by atoms with Gasteiger partial charge in [0.25, 0.3) is 5.88 Å². The van der Waals surface area contributed by atoms with Gasteiger partial charge >= 0.3 is 0 Å². The number of rotatable bonds is 5. The van der Waals surface area contributed by atoms with Crippen molar-refractivity contribution in [1.82, 2.24) is 19.9 Å². The van der Waals surface area contributed by atoms with Crippen molar-refractivity contribution in [2.24, 2.45) is 0 Å². The van der Waals surface area contributed by atoms with Crippen LogP contribution in [0.25, 0.3) is 0 Å². The van der Waals surface area contributed by atoms with Crippen LogP contribution in [0.2, 0.25) is 0 Å². The molecule has 2 aromatic heterocycles. The number of anilines is 1. The number of piperazine rings is 1. The molecule has 0 saturated carbocycles. The van der Waals surface area contributed by atoms with Gasteiger partial charge in [0.05, 0.1) is 0 Å². The van der Waals surface area contributed by atoms with Crippen LogP contribution in [-0.2, 0) is 6.61 Å². The van der Waals surface area contributed by atoms with Crippen molar-refractivity contribution in [3.8, 4) is 5.88 Å². The summed E-state index contributed by atoms with van der Waals surface area (Å²) in [6.45, 7) is 7.75. The quantitative estimate of drug-likeness (QED) is 0.836. The Morgan fingerprint density at radius 2 is 1.91 bits per heavy atom. The maximum atomic E-state index is 5.86. The second-order valence-corrected chi connectivity index (χ2v) is 5.26. The molecule has 1 saturated heterocycles. The molecule has 6 nitrogen and oxygen atoms in total. The van der Waals surface area contributed by atoms with Crippen LogP contribution in [0.15, 0.2) is 36.9 Å². The van der Waals surface area contributed by atoms with Crippen LogP contribution >= 0.6 is 0 Å².